The van der Waals surface area contributed by atoms with Crippen LogP contribution in [0.25, 0.3) is 0 Å². The molecule has 0 radical (unpaired) electrons. The number of benzene rings is 1. The third kappa shape index (κ3) is 3.19. The summed E-state index contributed by atoms with van der Waals surface area (Å²) in [6.07, 6.45) is 4.69. The van der Waals surface area contributed by atoms with Crippen molar-refractivity contribution >= 4 is 11.4 Å². The summed E-state index contributed by atoms with van der Waals surface area (Å²) in [6, 6.07) is 4.79. The predicted molar refractivity (Wildman–Crippen MR) is 78.1 cm³/mol. The first-order valence-corrected chi connectivity index (χ1v) is 6.94. The molecule has 0 amide bonds. The molecule has 6 heteroatoms. The summed E-state index contributed by atoms with van der Waals surface area (Å²) in [7, 11) is 1.54. The summed E-state index contributed by atoms with van der Waals surface area (Å²) in [6.45, 7) is 0.471. The zero-order chi connectivity index (χ0) is 14.5. The van der Waals surface area contributed by atoms with Crippen molar-refractivity contribution in [2.45, 2.75) is 31.7 Å². The lowest BCUT2D eigenvalue weighted by Gasteiger charge is -2.24. The van der Waals surface area contributed by atoms with E-state index >= 15 is 0 Å². The van der Waals surface area contributed by atoms with Gasteiger partial charge in [-0.1, -0.05) is 12.8 Å². The van der Waals surface area contributed by atoms with Crippen LogP contribution in [0.2, 0.25) is 0 Å². The summed E-state index contributed by atoms with van der Waals surface area (Å²) < 4.78 is 5.14. The molecule has 20 heavy (non-hydrogen) atoms. The van der Waals surface area contributed by atoms with Gasteiger partial charge in [0.1, 0.15) is 11.4 Å². The van der Waals surface area contributed by atoms with Crippen LogP contribution in [-0.2, 0) is 0 Å². The van der Waals surface area contributed by atoms with E-state index in [2.05, 4.69) is 5.32 Å². The molecule has 1 fully saturated rings. The van der Waals surface area contributed by atoms with Crippen molar-refractivity contribution in [3.63, 3.8) is 0 Å². The highest BCUT2D eigenvalue weighted by molar-refractivity contribution is 5.64. The molecule has 110 valence electrons. The second-order valence-electron chi connectivity index (χ2n) is 5.17. The maximum absolute atomic E-state index is 11.1. The zero-order valence-corrected chi connectivity index (χ0v) is 11.7. The van der Waals surface area contributed by atoms with E-state index in [-0.39, 0.29) is 16.7 Å². The van der Waals surface area contributed by atoms with Crippen molar-refractivity contribution in [3.8, 4) is 5.75 Å². The Balaban J connectivity index is 2.22. The van der Waals surface area contributed by atoms with Crippen LogP contribution in [0.5, 0.6) is 5.75 Å². The molecule has 1 aliphatic carbocycles. The molecule has 1 aliphatic rings. The van der Waals surface area contributed by atoms with E-state index in [4.69, 9.17) is 10.5 Å². The lowest BCUT2D eigenvalue weighted by atomic mass is 9.98. The van der Waals surface area contributed by atoms with Gasteiger partial charge < -0.3 is 15.8 Å². The fourth-order valence-electron chi connectivity index (χ4n) is 2.85. The molecule has 0 aliphatic heterocycles. The Morgan fingerprint density at radius 2 is 2.20 bits per heavy atom. The molecule has 1 aromatic rings. The number of nitrogens with one attached hydrogen (secondary N) is 1. The molecule has 0 saturated heterocycles. The first kappa shape index (κ1) is 14.6. The highest BCUT2D eigenvalue weighted by atomic mass is 16.6. The second-order valence-corrected chi connectivity index (χ2v) is 5.17. The Kier molecular flexibility index (Phi) is 4.79. The van der Waals surface area contributed by atoms with Crippen molar-refractivity contribution in [1.29, 1.82) is 0 Å². The van der Waals surface area contributed by atoms with E-state index in [1.807, 2.05) is 0 Å². The van der Waals surface area contributed by atoms with Crippen LogP contribution in [-0.4, -0.2) is 24.6 Å². The Bertz CT molecular complexity index is 473. The van der Waals surface area contributed by atoms with Gasteiger partial charge >= 0.3 is 0 Å². The van der Waals surface area contributed by atoms with Gasteiger partial charge in [0.2, 0.25) is 0 Å². The number of anilines is 1. The summed E-state index contributed by atoms with van der Waals surface area (Å²) in [4.78, 5) is 10.7. The Morgan fingerprint density at radius 1 is 1.50 bits per heavy atom. The highest BCUT2D eigenvalue weighted by Crippen LogP contribution is 2.33. The van der Waals surface area contributed by atoms with Crippen LogP contribution < -0.4 is 15.8 Å². The number of nitrogens with zero attached hydrogens (tertiary/aromatic N) is 1. The molecule has 0 heterocycles. The third-order valence-corrected chi connectivity index (χ3v) is 3.96. The highest BCUT2D eigenvalue weighted by Gasteiger charge is 2.26. The average molecular weight is 279 g/mol. The van der Waals surface area contributed by atoms with E-state index in [1.165, 1.54) is 18.9 Å². The SMILES string of the molecule is COc1ccc([N+](=O)[O-])c(NC(CN)C2CCCC2)c1. The van der Waals surface area contributed by atoms with Crippen LogP contribution in [0, 0.1) is 16.0 Å². The number of methoxy groups -OCH3 is 1. The zero-order valence-electron chi connectivity index (χ0n) is 11.7. The second kappa shape index (κ2) is 6.56. The van der Waals surface area contributed by atoms with Gasteiger partial charge in [-0.3, -0.25) is 10.1 Å². The molecule has 0 aromatic heterocycles. The summed E-state index contributed by atoms with van der Waals surface area (Å²) in [5.74, 6) is 1.09. The smallest absolute Gasteiger partial charge is 0.292 e. The normalized spacial score (nSPS) is 16.9. The van der Waals surface area contributed by atoms with Crippen molar-refractivity contribution in [2.75, 3.05) is 19.0 Å². The number of nitro groups is 1. The standard InChI is InChI=1S/C14H21N3O3/c1-20-11-6-7-14(17(18)19)12(8-11)16-13(9-15)10-4-2-3-5-10/h6-8,10,13,16H,2-5,9,15H2,1H3. The molecule has 1 atom stereocenters. The molecule has 0 bridgehead atoms. The van der Waals surface area contributed by atoms with E-state index in [0.717, 1.165) is 12.8 Å². The molecule has 1 saturated carbocycles. The molecule has 3 N–H and O–H groups in total. The van der Waals surface area contributed by atoms with E-state index in [1.54, 1.807) is 19.2 Å². The molecule has 1 aromatic carbocycles. The van der Waals surface area contributed by atoms with Crippen molar-refractivity contribution in [1.82, 2.24) is 0 Å². The Labute approximate surface area is 118 Å². The van der Waals surface area contributed by atoms with Gasteiger partial charge in [0.15, 0.2) is 0 Å². The minimum absolute atomic E-state index is 0.0576. The summed E-state index contributed by atoms with van der Waals surface area (Å²) in [5, 5.41) is 14.4. The van der Waals surface area contributed by atoms with Gasteiger partial charge in [0, 0.05) is 24.7 Å². The number of nitrogens with two attached hydrogens (primary N) is 1. The van der Waals surface area contributed by atoms with Gasteiger partial charge in [-0.2, -0.15) is 0 Å². The topological polar surface area (TPSA) is 90.4 Å². The van der Waals surface area contributed by atoms with Crippen molar-refractivity contribution in [3.05, 3.63) is 28.3 Å². The fraction of sp³-hybridized carbons (Fsp3) is 0.571. The summed E-state index contributed by atoms with van der Waals surface area (Å²) in [5.41, 5.74) is 6.37. The number of hydrogen-bond donors (Lipinski definition) is 2. The Morgan fingerprint density at radius 3 is 2.75 bits per heavy atom. The Hall–Kier alpha value is -1.82. The van der Waals surface area contributed by atoms with E-state index in [0.29, 0.717) is 23.9 Å². The number of hydrogen-bond acceptors (Lipinski definition) is 5. The van der Waals surface area contributed by atoms with Crippen LogP contribution >= 0.6 is 0 Å². The van der Waals surface area contributed by atoms with Gasteiger partial charge in [-0.05, 0) is 24.8 Å². The minimum Gasteiger partial charge on any atom is -0.497 e. The molecular formula is C14H21N3O3. The maximum atomic E-state index is 11.1. The van der Waals surface area contributed by atoms with Crippen LogP contribution in [0.4, 0.5) is 11.4 Å². The lowest BCUT2D eigenvalue weighted by Crippen LogP contribution is -2.35. The first-order valence-electron chi connectivity index (χ1n) is 6.94. The van der Waals surface area contributed by atoms with Gasteiger partial charge in [0.25, 0.3) is 5.69 Å². The fourth-order valence-corrected chi connectivity index (χ4v) is 2.85. The average Bonchev–Trinajstić information content (AvgIpc) is 2.98. The van der Waals surface area contributed by atoms with Gasteiger partial charge in [-0.25, -0.2) is 0 Å². The molecule has 2 rings (SSSR count). The van der Waals surface area contributed by atoms with Gasteiger partial charge in [0.05, 0.1) is 12.0 Å². The van der Waals surface area contributed by atoms with Crippen LogP contribution in [0.15, 0.2) is 18.2 Å². The van der Waals surface area contributed by atoms with E-state index < -0.39 is 0 Å². The largest absolute Gasteiger partial charge is 0.497 e. The van der Waals surface area contributed by atoms with Gasteiger partial charge in [-0.15, -0.1) is 0 Å². The number of ether oxygens (including phenoxy) is 1. The monoisotopic (exact) mass is 279 g/mol. The van der Waals surface area contributed by atoms with Crippen molar-refractivity contribution < 1.29 is 9.66 Å². The molecule has 1 unspecified atom stereocenters. The molecular weight excluding hydrogens is 258 g/mol. The lowest BCUT2D eigenvalue weighted by molar-refractivity contribution is -0.384. The maximum Gasteiger partial charge on any atom is 0.292 e. The molecule has 6 nitrogen and oxygen atoms in total. The quantitative estimate of drug-likeness (QED) is 0.617. The summed E-state index contributed by atoms with van der Waals surface area (Å²) >= 11 is 0. The van der Waals surface area contributed by atoms with Crippen LogP contribution in [0.3, 0.4) is 0 Å². The molecule has 0 spiro atoms. The van der Waals surface area contributed by atoms with Crippen molar-refractivity contribution in [2.24, 2.45) is 11.7 Å². The van der Waals surface area contributed by atoms with Crippen LogP contribution in [0.1, 0.15) is 25.7 Å². The minimum atomic E-state index is -0.385. The number of nitro benzene ring substituents is 1. The predicted octanol–water partition coefficient (Wildman–Crippen LogP) is 2.53. The van der Waals surface area contributed by atoms with E-state index in [9.17, 15) is 10.1 Å². The first-order chi connectivity index (χ1) is 9.65. The third-order valence-electron chi connectivity index (χ3n) is 3.96. The number of rotatable bonds is 6.